The van der Waals surface area contributed by atoms with E-state index in [2.05, 4.69) is 34.1 Å². The number of aromatic amines is 1. The molecule has 0 unspecified atom stereocenters. The van der Waals surface area contributed by atoms with Crippen LogP contribution in [0.5, 0.6) is 11.5 Å². The van der Waals surface area contributed by atoms with Crippen LogP contribution < -0.4 is 14.4 Å². The van der Waals surface area contributed by atoms with Crippen LogP contribution in [0.2, 0.25) is 0 Å². The molecular formula is C18H18N2O2. The first-order valence-corrected chi connectivity index (χ1v) is 7.46. The summed E-state index contributed by atoms with van der Waals surface area (Å²) in [6.45, 7) is 2.45. The van der Waals surface area contributed by atoms with Gasteiger partial charge in [0.25, 0.3) is 0 Å². The lowest BCUT2D eigenvalue weighted by molar-refractivity contribution is 0.306. The Morgan fingerprint density at radius 3 is 3.09 bits per heavy atom. The van der Waals surface area contributed by atoms with Gasteiger partial charge in [0, 0.05) is 29.7 Å². The van der Waals surface area contributed by atoms with Gasteiger partial charge >= 0.3 is 0 Å². The third kappa shape index (κ3) is 2.17. The van der Waals surface area contributed by atoms with Gasteiger partial charge in [0.05, 0.1) is 19.3 Å². The molecule has 0 fully saturated rings. The summed E-state index contributed by atoms with van der Waals surface area (Å²) in [5.74, 6) is 1.78. The molecule has 1 aliphatic heterocycles. The molecule has 4 heteroatoms. The van der Waals surface area contributed by atoms with Crippen LogP contribution in [0.4, 0.5) is 5.69 Å². The van der Waals surface area contributed by atoms with Crippen molar-refractivity contribution in [2.75, 3.05) is 25.2 Å². The maximum atomic E-state index is 5.76. The molecule has 112 valence electrons. The number of nitrogens with one attached hydrogen (secondary N) is 1. The van der Waals surface area contributed by atoms with Crippen LogP contribution in [0.3, 0.4) is 0 Å². The van der Waals surface area contributed by atoms with Gasteiger partial charge in [0.2, 0.25) is 0 Å². The molecular weight excluding hydrogens is 276 g/mol. The Morgan fingerprint density at radius 1 is 1.23 bits per heavy atom. The zero-order chi connectivity index (χ0) is 14.9. The van der Waals surface area contributed by atoms with E-state index in [1.165, 1.54) is 16.5 Å². The highest BCUT2D eigenvalue weighted by Crippen LogP contribution is 2.36. The lowest BCUT2D eigenvalue weighted by atomic mass is 10.1. The van der Waals surface area contributed by atoms with Gasteiger partial charge in [-0.2, -0.15) is 0 Å². The lowest BCUT2D eigenvalue weighted by Crippen LogP contribution is -2.32. The molecule has 2 aromatic carbocycles. The molecule has 4 nitrogen and oxygen atoms in total. The second kappa shape index (κ2) is 5.30. The maximum Gasteiger partial charge on any atom is 0.142 e. The molecule has 0 saturated heterocycles. The minimum Gasteiger partial charge on any atom is -0.497 e. The Hall–Kier alpha value is -2.62. The van der Waals surface area contributed by atoms with E-state index >= 15 is 0 Å². The number of rotatable bonds is 3. The smallest absolute Gasteiger partial charge is 0.142 e. The number of methoxy groups -OCH3 is 1. The minimum absolute atomic E-state index is 0.711. The standard InChI is InChI=1S/C18H18N2O2/c1-21-14-5-6-18-17(11-14)20(9-10-22-18)12-13-3-2-4-16-15(13)7-8-19-16/h2-8,11,19H,9-10,12H2,1H3. The zero-order valence-corrected chi connectivity index (χ0v) is 12.5. The van der Waals surface area contributed by atoms with Gasteiger partial charge in [-0.1, -0.05) is 12.1 Å². The SMILES string of the molecule is COc1ccc2c(c1)N(Cc1cccc3[nH]ccc13)CCO2. The van der Waals surface area contributed by atoms with Crippen molar-refractivity contribution in [3.05, 3.63) is 54.2 Å². The number of aromatic nitrogens is 1. The monoisotopic (exact) mass is 294 g/mol. The Morgan fingerprint density at radius 2 is 2.18 bits per heavy atom. The predicted octanol–water partition coefficient (Wildman–Crippen LogP) is 3.58. The normalized spacial score (nSPS) is 13.8. The first-order valence-electron chi connectivity index (χ1n) is 7.46. The van der Waals surface area contributed by atoms with Crippen LogP contribution in [0.15, 0.2) is 48.7 Å². The van der Waals surface area contributed by atoms with E-state index in [4.69, 9.17) is 9.47 Å². The summed E-state index contributed by atoms with van der Waals surface area (Å²) in [6.07, 6.45) is 1.99. The highest BCUT2D eigenvalue weighted by atomic mass is 16.5. The van der Waals surface area contributed by atoms with E-state index in [9.17, 15) is 0 Å². The quantitative estimate of drug-likeness (QED) is 0.802. The van der Waals surface area contributed by atoms with Crippen molar-refractivity contribution >= 4 is 16.6 Å². The van der Waals surface area contributed by atoms with E-state index in [0.29, 0.717) is 6.61 Å². The number of ether oxygens (including phenoxy) is 2. The van der Waals surface area contributed by atoms with E-state index in [1.807, 2.05) is 24.4 Å². The third-order valence-corrected chi connectivity index (χ3v) is 4.17. The molecule has 0 atom stereocenters. The summed E-state index contributed by atoms with van der Waals surface area (Å²) in [5, 5.41) is 1.28. The molecule has 2 heterocycles. The molecule has 0 saturated carbocycles. The van der Waals surface area contributed by atoms with Gasteiger partial charge < -0.3 is 19.4 Å². The first kappa shape index (κ1) is 13.1. The number of anilines is 1. The molecule has 0 spiro atoms. The van der Waals surface area contributed by atoms with Gasteiger partial charge in [-0.05, 0) is 29.8 Å². The van der Waals surface area contributed by atoms with Crippen molar-refractivity contribution in [3.63, 3.8) is 0 Å². The first-order chi connectivity index (χ1) is 10.8. The molecule has 0 radical (unpaired) electrons. The minimum atomic E-state index is 0.711. The summed E-state index contributed by atoms with van der Waals surface area (Å²) < 4.78 is 11.1. The zero-order valence-electron chi connectivity index (χ0n) is 12.5. The van der Waals surface area contributed by atoms with Crippen LogP contribution in [-0.2, 0) is 6.54 Å². The van der Waals surface area contributed by atoms with E-state index in [1.54, 1.807) is 7.11 Å². The van der Waals surface area contributed by atoms with E-state index < -0.39 is 0 Å². The second-order valence-electron chi connectivity index (χ2n) is 5.46. The summed E-state index contributed by atoms with van der Waals surface area (Å²) in [4.78, 5) is 5.62. The Bertz CT molecular complexity index is 810. The molecule has 0 bridgehead atoms. The Balaban J connectivity index is 1.71. The van der Waals surface area contributed by atoms with Crippen molar-refractivity contribution in [1.29, 1.82) is 0 Å². The number of nitrogens with zero attached hydrogens (tertiary/aromatic N) is 1. The van der Waals surface area contributed by atoms with Crippen LogP contribution in [0, 0.1) is 0 Å². The molecule has 0 aliphatic carbocycles. The van der Waals surface area contributed by atoms with Gasteiger partial charge in [0.1, 0.15) is 18.1 Å². The van der Waals surface area contributed by atoms with Crippen molar-refractivity contribution in [2.45, 2.75) is 6.54 Å². The van der Waals surface area contributed by atoms with Crippen molar-refractivity contribution < 1.29 is 9.47 Å². The molecule has 1 N–H and O–H groups in total. The van der Waals surface area contributed by atoms with Crippen LogP contribution >= 0.6 is 0 Å². The molecule has 22 heavy (non-hydrogen) atoms. The molecule has 1 aromatic heterocycles. The van der Waals surface area contributed by atoms with Crippen molar-refractivity contribution in [3.8, 4) is 11.5 Å². The Labute approximate surface area is 129 Å². The number of hydrogen-bond donors (Lipinski definition) is 1. The van der Waals surface area contributed by atoms with Crippen LogP contribution in [0.25, 0.3) is 10.9 Å². The highest BCUT2D eigenvalue weighted by Gasteiger charge is 2.19. The average Bonchev–Trinajstić information content (AvgIpc) is 3.04. The molecule has 4 rings (SSSR count). The van der Waals surface area contributed by atoms with Crippen LogP contribution in [0.1, 0.15) is 5.56 Å². The predicted molar refractivity (Wildman–Crippen MR) is 87.8 cm³/mol. The largest absolute Gasteiger partial charge is 0.497 e. The fourth-order valence-corrected chi connectivity index (χ4v) is 3.04. The average molecular weight is 294 g/mol. The van der Waals surface area contributed by atoms with Crippen molar-refractivity contribution in [2.24, 2.45) is 0 Å². The van der Waals surface area contributed by atoms with E-state index in [0.717, 1.165) is 30.3 Å². The van der Waals surface area contributed by atoms with Gasteiger partial charge in [-0.25, -0.2) is 0 Å². The summed E-state index contributed by atoms with van der Waals surface area (Å²) >= 11 is 0. The van der Waals surface area contributed by atoms with Gasteiger partial charge in [0.15, 0.2) is 0 Å². The Kier molecular flexibility index (Phi) is 3.15. The number of H-pyrrole nitrogens is 1. The number of benzene rings is 2. The number of hydrogen-bond acceptors (Lipinski definition) is 3. The van der Waals surface area contributed by atoms with E-state index in [-0.39, 0.29) is 0 Å². The van der Waals surface area contributed by atoms with Gasteiger partial charge in [-0.3, -0.25) is 0 Å². The van der Waals surface area contributed by atoms with Gasteiger partial charge in [-0.15, -0.1) is 0 Å². The molecule has 0 amide bonds. The fourth-order valence-electron chi connectivity index (χ4n) is 3.04. The summed E-state index contributed by atoms with van der Waals surface area (Å²) in [6, 6.07) is 14.5. The van der Waals surface area contributed by atoms with Crippen LogP contribution in [-0.4, -0.2) is 25.2 Å². The highest BCUT2D eigenvalue weighted by molar-refractivity contribution is 5.83. The fraction of sp³-hybridized carbons (Fsp3) is 0.222. The second-order valence-corrected chi connectivity index (χ2v) is 5.46. The maximum absolute atomic E-state index is 5.76. The summed E-state index contributed by atoms with van der Waals surface area (Å²) in [7, 11) is 1.69. The number of fused-ring (bicyclic) bond motifs is 2. The topological polar surface area (TPSA) is 37.5 Å². The summed E-state index contributed by atoms with van der Waals surface area (Å²) in [5.41, 5.74) is 3.59. The third-order valence-electron chi connectivity index (χ3n) is 4.17. The molecule has 1 aliphatic rings. The molecule has 3 aromatic rings. The van der Waals surface area contributed by atoms with Crippen molar-refractivity contribution in [1.82, 2.24) is 4.98 Å². The lowest BCUT2D eigenvalue weighted by Gasteiger charge is -2.31.